The van der Waals surface area contributed by atoms with Crippen molar-refractivity contribution in [3.8, 4) is 5.19 Å². The van der Waals surface area contributed by atoms with Gasteiger partial charge in [0.15, 0.2) is 0 Å². The Hall–Kier alpha value is -0.0900. The van der Waals surface area contributed by atoms with Gasteiger partial charge in [-0.1, -0.05) is 32.1 Å². The predicted octanol–water partition coefficient (Wildman–Crippen LogP) is 3.21. The summed E-state index contributed by atoms with van der Waals surface area (Å²) < 4.78 is 6.11. The third-order valence-electron chi connectivity index (χ3n) is 1.45. The summed E-state index contributed by atoms with van der Waals surface area (Å²) >= 11 is 4.99. The number of methoxy groups -OCH3 is 1. The van der Waals surface area contributed by atoms with Crippen LogP contribution in [0.5, 0.6) is 5.19 Å². The molecule has 0 spiro atoms. The third-order valence-corrected chi connectivity index (χ3v) is 3.12. The highest BCUT2D eigenvalue weighted by atomic mass is 79.9. The summed E-state index contributed by atoms with van der Waals surface area (Å²) in [6, 6.07) is 0. The fraction of sp³-hybridized carbons (Fsp3) is 0.625. The summed E-state index contributed by atoms with van der Waals surface area (Å²) in [6.45, 7) is 6.39. The van der Waals surface area contributed by atoms with E-state index in [4.69, 9.17) is 4.74 Å². The lowest BCUT2D eigenvalue weighted by atomic mass is 9.93. The van der Waals surface area contributed by atoms with Crippen LogP contribution in [0, 0.1) is 0 Å². The smallest absolute Gasteiger partial charge is 0.274 e. The van der Waals surface area contributed by atoms with E-state index in [1.165, 1.54) is 11.3 Å². The molecule has 2 nitrogen and oxygen atoms in total. The molecule has 1 heterocycles. The van der Waals surface area contributed by atoms with Crippen molar-refractivity contribution < 1.29 is 4.74 Å². The van der Waals surface area contributed by atoms with Gasteiger partial charge in [0, 0.05) is 5.41 Å². The van der Waals surface area contributed by atoms with Gasteiger partial charge < -0.3 is 4.74 Å². The first-order valence-electron chi connectivity index (χ1n) is 3.66. The second kappa shape index (κ2) is 3.34. The third kappa shape index (κ3) is 1.98. The quantitative estimate of drug-likeness (QED) is 0.763. The van der Waals surface area contributed by atoms with Crippen LogP contribution < -0.4 is 4.74 Å². The van der Waals surface area contributed by atoms with Crippen LogP contribution in [0.3, 0.4) is 0 Å². The van der Waals surface area contributed by atoms with Crippen molar-refractivity contribution in [2.24, 2.45) is 0 Å². The van der Waals surface area contributed by atoms with Crippen LogP contribution in [0.15, 0.2) is 3.79 Å². The highest BCUT2D eigenvalue weighted by molar-refractivity contribution is 9.11. The average Bonchev–Trinajstić information content (AvgIpc) is 2.29. The number of hydrogen-bond acceptors (Lipinski definition) is 3. The molecule has 4 heteroatoms. The molecule has 0 aliphatic rings. The molecule has 68 valence electrons. The fourth-order valence-electron chi connectivity index (χ4n) is 0.833. The van der Waals surface area contributed by atoms with Crippen molar-refractivity contribution >= 4 is 27.3 Å². The number of hydrogen-bond donors (Lipinski definition) is 0. The van der Waals surface area contributed by atoms with Crippen molar-refractivity contribution in [3.63, 3.8) is 0 Å². The normalized spacial score (nSPS) is 11.8. The molecule has 0 unspecified atom stereocenters. The van der Waals surface area contributed by atoms with E-state index < -0.39 is 0 Å². The largest absolute Gasteiger partial charge is 0.473 e. The van der Waals surface area contributed by atoms with Gasteiger partial charge in [0.25, 0.3) is 5.19 Å². The predicted molar refractivity (Wildman–Crippen MR) is 55.1 cm³/mol. The minimum absolute atomic E-state index is 0.0755. The highest BCUT2D eigenvalue weighted by Gasteiger charge is 2.22. The summed E-state index contributed by atoms with van der Waals surface area (Å²) in [5, 5.41) is 0.715. The van der Waals surface area contributed by atoms with E-state index >= 15 is 0 Å². The van der Waals surface area contributed by atoms with E-state index in [0.29, 0.717) is 5.19 Å². The second-order valence-electron chi connectivity index (χ2n) is 3.56. The summed E-state index contributed by atoms with van der Waals surface area (Å²) in [4.78, 5) is 4.35. The summed E-state index contributed by atoms with van der Waals surface area (Å²) in [7, 11) is 1.64. The molecule has 1 aromatic heterocycles. The SMILES string of the molecule is COc1nc(C(C)(C)C)c(Br)s1. The molecule has 0 aliphatic heterocycles. The van der Waals surface area contributed by atoms with E-state index in [0.717, 1.165) is 9.48 Å². The molecule has 1 aromatic rings. The molecule has 0 bridgehead atoms. The Bertz CT molecular complexity index is 277. The number of aromatic nitrogens is 1. The van der Waals surface area contributed by atoms with Crippen molar-refractivity contribution in [3.05, 3.63) is 9.48 Å². The Labute approximate surface area is 85.1 Å². The molecule has 12 heavy (non-hydrogen) atoms. The molecule has 0 saturated heterocycles. The van der Waals surface area contributed by atoms with Crippen LogP contribution in [-0.2, 0) is 5.41 Å². The molecule has 0 aliphatic carbocycles. The Morgan fingerprint density at radius 2 is 2.00 bits per heavy atom. The standard InChI is InChI=1S/C8H12BrNOS/c1-8(2,3)5-6(9)12-7(10-5)11-4/h1-4H3. The lowest BCUT2D eigenvalue weighted by Crippen LogP contribution is -2.12. The molecule has 1 rings (SSSR count). The van der Waals surface area contributed by atoms with Crippen molar-refractivity contribution in [2.45, 2.75) is 26.2 Å². The van der Waals surface area contributed by atoms with E-state index in [2.05, 4.69) is 41.7 Å². The molecule has 0 N–H and O–H groups in total. The maximum atomic E-state index is 5.05. The van der Waals surface area contributed by atoms with Gasteiger partial charge in [0.2, 0.25) is 0 Å². The van der Waals surface area contributed by atoms with Gasteiger partial charge in [0.1, 0.15) is 0 Å². The van der Waals surface area contributed by atoms with Gasteiger partial charge in [-0.2, -0.15) is 0 Å². The Balaban J connectivity index is 3.08. The molecular weight excluding hydrogens is 238 g/mol. The van der Waals surface area contributed by atoms with Gasteiger partial charge in [0.05, 0.1) is 16.6 Å². The first-order valence-corrected chi connectivity index (χ1v) is 5.27. The number of nitrogens with zero attached hydrogens (tertiary/aromatic N) is 1. The van der Waals surface area contributed by atoms with Crippen LogP contribution in [0.25, 0.3) is 0 Å². The van der Waals surface area contributed by atoms with Gasteiger partial charge in [-0.05, 0) is 15.9 Å². The molecule has 0 radical (unpaired) electrons. The Morgan fingerprint density at radius 1 is 1.42 bits per heavy atom. The molecule has 0 fully saturated rings. The van der Waals surface area contributed by atoms with Gasteiger partial charge in [-0.15, -0.1) is 0 Å². The zero-order valence-electron chi connectivity index (χ0n) is 7.64. The van der Waals surface area contributed by atoms with E-state index in [-0.39, 0.29) is 5.41 Å². The zero-order valence-corrected chi connectivity index (χ0v) is 10.0. The van der Waals surface area contributed by atoms with E-state index in [9.17, 15) is 0 Å². The minimum Gasteiger partial charge on any atom is -0.473 e. The summed E-state index contributed by atoms with van der Waals surface area (Å²) in [6.07, 6.45) is 0. The average molecular weight is 250 g/mol. The first-order chi connectivity index (χ1) is 5.45. The van der Waals surface area contributed by atoms with Crippen LogP contribution >= 0.6 is 27.3 Å². The lowest BCUT2D eigenvalue weighted by Gasteiger charge is -2.15. The number of thiazole rings is 1. The second-order valence-corrected chi connectivity index (χ2v) is 5.84. The van der Waals surface area contributed by atoms with Gasteiger partial charge in [-0.3, -0.25) is 0 Å². The van der Waals surface area contributed by atoms with Gasteiger partial charge >= 0.3 is 0 Å². The lowest BCUT2D eigenvalue weighted by molar-refractivity contribution is 0.407. The van der Waals surface area contributed by atoms with Crippen LogP contribution in [0.2, 0.25) is 0 Å². The number of halogens is 1. The summed E-state index contributed by atoms with van der Waals surface area (Å²) in [5.41, 5.74) is 1.14. The van der Waals surface area contributed by atoms with Crippen molar-refractivity contribution in [2.75, 3.05) is 7.11 Å². The van der Waals surface area contributed by atoms with Crippen LogP contribution in [0.1, 0.15) is 26.5 Å². The molecule has 0 aromatic carbocycles. The van der Waals surface area contributed by atoms with Crippen molar-refractivity contribution in [1.29, 1.82) is 0 Å². The van der Waals surface area contributed by atoms with Crippen LogP contribution in [-0.4, -0.2) is 12.1 Å². The van der Waals surface area contributed by atoms with Crippen LogP contribution in [0.4, 0.5) is 0 Å². The van der Waals surface area contributed by atoms with Gasteiger partial charge in [-0.25, -0.2) is 4.98 Å². The maximum absolute atomic E-state index is 5.05. The first kappa shape index (κ1) is 9.99. The van der Waals surface area contributed by atoms with Crippen molar-refractivity contribution in [1.82, 2.24) is 4.98 Å². The fourth-order valence-corrected chi connectivity index (χ4v) is 2.75. The molecular formula is C8H12BrNOS. The highest BCUT2D eigenvalue weighted by Crippen LogP contribution is 2.36. The Kier molecular flexibility index (Phi) is 2.78. The molecule has 0 amide bonds. The summed E-state index contributed by atoms with van der Waals surface area (Å²) in [5.74, 6) is 0. The maximum Gasteiger partial charge on any atom is 0.274 e. The van der Waals surface area contributed by atoms with E-state index in [1.54, 1.807) is 7.11 Å². The Morgan fingerprint density at radius 3 is 2.25 bits per heavy atom. The zero-order chi connectivity index (χ0) is 9.35. The monoisotopic (exact) mass is 249 g/mol. The number of rotatable bonds is 1. The minimum atomic E-state index is 0.0755. The number of ether oxygens (including phenoxy) is 1. The topological polar surface area (TPSA) is 22.1 Å². The molecule has 0 saturated carbocycles. The molecule has 0 atom stereocenters. The van der Waals surface area contributed by atoms with E-state index in [1.807, 2.05) is 0 Å².